The van der Waals surface area contributed by atoms with Gasteiger partial charge in [0.2, 0.25) is 0 Å². The van der Waals surface area contributed by atoms with E-state index in [9.17, 15) is 0 Å². The normalized spacial score (nSPS) is 19.4. The molecular formula is C21H17N5S. The standard InChI is InChI=1S/C21H17N5S/c1-26-13-24-20-18(26)17(22-12-23-20)21-25-16(14-8-4-2-5-9-14)19(27-21)15-10-6-3-7-11-15/h2-13,16,19H,1H3. The molecule has 6 heteroatoms. The highest BCUT2D eigenvalue weighted by Crippen LogP contribution is 2.49. The molecule has 2 unspecified atom stereocenters. The first kappa shape index (κ1) is 16.2. The topological polar surface area (TPSA) is 56.0 Å². The lowest BCUT2D eigenvalue weighted by atomic mass is 9.99. The molecule has 0 N–H and O–H groups in total. The van der Waals surface area contributed by atoms with Crippen LogP contribution in [0.15, 0.2) is 78.3 Å². The summed E-state index contributed by atoms with van der Waals surface area (Å²) < 4.78 is 1.96. The van der Waals surface area contributed by atoms with Gasteiger partial charge in [-0.2, -0.15) is 0 Å². The lowest BCUT2D eigenvalue weighted by Crippen LogP contribution is -2.03. The fraction of sp³-hybridized carbons (Fsp3) is 0.143. The van der Waals surface area contributed by atoms with Gasteiger partial charge in [0, 0.05) is 7.05 Å². The first-order valence-electron chi connectivity index (χ1n) is 8.78. The maximum absolute atomic E-state index is 5.11. The van der Waals surface area contributed by atoms with Crippen LogP contribution in [0.4, 0.5) is 0 Å². The summed E-state index contributed by atoms with van der Waals surface area (Å²) in [7, 11) is 1.96. The van der Waals surface area contributed by atoms with E-state index in [0.717, 1.165) is 16.3 Å². The van der Waals surface area contributed by atoms with Crippen molar-refractivity contribution in [3.63, 3.8) is 0 Å². The summed E-state index contributed by atoms with van der Waals surface area (Å²) in [4.78, 5) is 18.3. The van der Waals surface area contributed by atoms with Gasteiger partial charge >= 0.3 is 0 Å². The Bertz CT molecular complexity index is 1120. The Kier molecular flexibility index (Phi) is 3.98. The first-order chi connectivity index (χ1) is 13.3. The van der Waals surface area contributed by atoms with E-state index in [4.69, 9.17) is 4.99 Å². The zero-order chi connectivity index (χ0) is 18.2. The number of thioether (sulfide) groups is 1. The summed E-state index contributed by atoms with van der Waals surface area (Å²) in [6.45, 7) is 0. The number of aromatic nitrogens is 4. The summed E-state index contributed by atoms with van der Waals surface area (Å²) in [5.41, 5.74) is 4.95. The van der Waals surface area contributed by atoms with Crippen molar-refractivity contribution in [3.8, 4) is 0 Å². The van der Waals surface area contributed by atoms with Gasteiger partial charge in [-0.3, -0.25) is 4.99 Å². The van der Waals surface area contributed by atoms with Crippen LogP contribution in [0.1, 0.15) is 28.1 Å². The van der Waals surface area contributed by atoms with Crippen molar-refractivity contribution in [1.82, 2.24) is 19.5 Å². The second-order valence-corrected chi connectivity index (χ2v) is 7.62. The summed E-state index contributed by atoms with van der Waals surface area (Å²) in [5, 5.41) is 1.15. The van der Waals surface area contributed by atoms with Gasteiger partial charge in [0.25, 0.3) is 0 Å². The minimum atomic E-state index is 0.0480. The van der Waals surface area contributed by atoms with E-state index < -0.39 is 0 Å². The van der Waals surface area contributed by atoms with Gasteiger partial charge in [-0.1, -0.05) is 72.4 Å². The summed E-state index contributed by atoms with van der Waals surface area (Å²) in [6, 6.07) is 21.1. The molecule has 27 heavy (non-hydrogen) atoms. The number of fused-ring (bicyclic) bond motifs is 1. The van der Waals surface area contributed by atoms with E-state index in [0.29, 0.717) is 5.65 Å². The molecule has 1 aliphatic heterocycles. The Morgan fingerprint density at radius 2 is 1.56 bits per heavy atom. The molecule has 5 rings (SSSR count). The van der Waals surface area contributed by atoms with E-state index in [1.54, 1.807) is 24.4 Å². The summed E-state index contributed by atoms with van der Waals surface area (Å²) in [5.74, 6) is 0. The van der Waals surface area contributed by atoms with Gasteiger partial charge in [-0.05, 0) is 11.1 Å². The smallest absolute Gasteiger partial charge is 0.181 e. The lowest BCUT2D eigenvalue weighted by Gasteiger charge is -2.17. The molecule has 0 fully saturated rings. The number of rotatable bonds is 3. The third-order valence-corrected chi connectivity index (χ3v) is 6.07. The zero-order valence-corrected chi connectivity index (χ0v) is 15.5. The van der Waals surface area contributed by atoms with Crippen LogP contribution in [-0.2, 0) is 7.05 Å². The van der Waals surface area contributed by atoms with E-state index in [1.807, 2.05) is 23.7 Å². The molecule has 0 bridgehead atoms. The average molecular weight is 371 g/mol. The van der Waals surface area contributed by atoms with Crippen LogP contribution in [0.25, 0.3) is 11.2 Å². The van der Waals surface area contributed by atoms with Crippen LogP contribution >= 0.6 is 11.8 Å². The largest absolute Gasteiger partial charge is 0.330 e. The molecule has 0 spiro atoms. The van der Waals surface area contributed by atoms with Crippen LogP contribution in [0.2, 0.25) is 0 Å². The Hall–Kier alpha value is -2.99. The van der Waals surface area contributed by atoms with Gasteiger partial charge in [-0.15, -0.1) is 0 Å². The monoisotopic (exact) mass is 371 g/mol. The predicted octanol–water partition coefficient (Wildman–Crippen LogP) is 4.34. The van der Waals surface area contributed by atoms with Crippen molar-refractivity contribution in [2.24, 2.45) is 12.0 Å². The Balaban J connectivity index is 1.64. The molecule has 2 aromatic heterocycles. The quantitative estimate of drug-likeness (QED) is 0.538. The molecule has 0 amide bonds. The Morgan fingerprint density at radius 1 is 0.852 bits per heavy atom. The van der Waals surface area contributed by atoms with Crippen molar-refractivity contribution in [2.45, 2.75) is 11.3 Å². The Labute approximate surface area is 161 Å². The molecule has 2 aromatic carbocycles. The molecule has 3 heterocycles. The highest BCUT2D eigenvalue weighted by atomic mass is 32.2. The summed E-state index contributed by atoms with van der Waals surface area (Å²) in [6.07, 6.45) is 3.34. The van der Waals surface area contributed by atoms with Gasteiger partial charge in [0.1, 0.15) is 22.6 Å². The Morgan fingerprint density at radius 3 is 2.30 bits per heavy atom. The second kappa shape index (κ2) is 6.63. The van der Waals surface area contributed by atoms with E-state index in [1.165, 1.54) is 11.1 Å². The number of hydrogen-bond donors (Lipinski definition) is 0. The fourth-order valence-electron chi connectivity index (χ4n) is 3.46. The van der Waals surface area contributed by atoms with Crippen LogP contribution in [0, 0.1) is 0 Å². The molecule has 5 nitrogen and oxygen atoms in total. The number of hydrogen-bond acceptors (Lipinski definition) is 5. The maximum Gasteiger partial charge on any atom is 0.181 e. The minimum Gasteiger partial charge on any atom is -0.330 e. The SMILES string of the molecule is Cn1cnc2ncnc(C3=NC(c4ccccc4)C(c4ccccc4)S3)c21. The number of aliphatic imine (C=N–C) groups is 1. The first-order valence-corrected chi connectivity index (χ1v) is 9.66. The van der Waals surface area contributed by atoms with Crippen molar-refractivity contribution in [3.05, 3.63) is 90.1 Å². The molecule has 2 atom stereocenters. The molecule has 0 saturated carbocycles. The molecule has 4 aromatic rings. The van der Waals surface area contributed by atoms with Crippen LogP contribution in [-0.4, -0.2) is 24.6 Å². The number of benzene rings is 2. The number of imidazole rings is 1. The summed E-state index contributed by atoms with van der Waals surface area (Å²) >= 11 is 1.77. The van der Waals surface area contributed by atoms with Crippen molar-refractivity contribution >= 4 is 28.0 Å². The van der Waals surface area contributed by atoms with Crippen molar-refractivity contribution in [2.75, 3.05) is 0 Å². The molecule has 0 radical (unpaired) electrons. The lowest BCUT2D eigenvalue weighted by molar-refractivity contribution is 0.724. The van der Waals surface area contributed by atoms with E-state index >= 15 is 0 Å². The molecule has 1 aliphatic rings. The maximum atomic E-state index is 5.11. The number of nitrogens with zero attached hydrogens (tertiary/aromatic N) is 5. The number of aryl methyl sites for hydroxylation is 1. The highest BCUT2D eigenvalue weighted by molar-refractivity contribution is 8.14. The van der Waals surface area contributed by atoms with Crippen molar-refractivity contribution < 1.29 is 0 Å². The second-order valence-electron chi connectivity index (χ2n) is 6.49. The van der Waals surface area contributed by atoms with Crippen LogP contribution < -0.4 is 0 Å². The highest BCUT2D eigenvalue weighted by Gasteiger charge is 2.34. The molecule has 0 saturated heterocycles. The molecule has 132 valence electrons. The van der Waals surface area contributed by atoms with Gasteiger partial charge in [0.05, 0.1) is 17.6 Å². The minimum absolute atomic E-state index is 0.0480. The van der Waals surface area contributed by atoms with Gasteiger partial charge in [0.15, 0.2) is 5.65 Å². The van der Waals surface area contributed by atoms with E-state index in [-0.39, 0.29) is 11.3 Å². The van der Waals surface area contributed by atoms with Crippen LogP contribution in [0.3, 0.4) is 0 Å². The predicted molar refractivity (Wildman–Crippen MR) is 109 cm³/mol. The molecule has 0 aliphatic carbocycles. The molecular weight excluding hydrogens is 354 g/mol. The zero-order valence-electron chi connectivity index (χ0n) is 14.7. The van der Waals surface area contributed by atoms with Crippen molar-refractivity contribution in [1.29, 1.82) is 0 Å². The third kappa shape index (κ3) is 2.82. The van der Waals surface area contributed by atoms with Crippen LogP contribution in [0.5, 0.6) is 0 Å². The average Bonchev–Trinajstić information content (AvgIpc) is 3.34. The third-order valence-electron chi connectivity index (χ3n) is 4.76. The van der Waals surface area contributed by atoms with E-state index in [2.05, 4.69) is 63.5 Å². The van der Waals surface area contributed by atoms with Gasteiger partial charge in [-0.25, -0.2) is 15.0 Å². The fourth-order valence-corrected chi connectivity index (χ4v) is 4.78. The van der Waals surface area contributed by atoms with Gasteiger partial charge < -0.3 is 4.57 Å².